The van der Waals surface area contributed by atoms with Gasteiger partial charge >= 0.3 is 11.9 Å². The van der Waals surface area contributed by atoms with Crippen LogP contribution < -0.4 is 5.32 Å². The standard InChI is InChI=1S/C17H16BrNO5/c1-23-16(21)7-2-4-8(5-3-7)19-15(20)11-9-6-10-12(11)17(22)24-14(10)13(9)18/h2-5,9-14H,6H2,1H3,(H,19,20)/t9-,10-,11-,12-,13-,14+/m1/s1. The van der Waals surface area contributed by atoms with Crippen molar-refractivity contribution < 1.29 is 23.9 Å². The number of hydrogen-bond donors (Lipinski definition) is 1. The van der Waals surface area contributed by atoms with Crippen LogP contribution in [0.25, 0.3) is 0 Å². The number of ether oxygens (including phenoxy) is 2. The molecule has 4 rings (SSSR count). The number of methoxy groups -OCH3 is 1. The van der Waals surface area contributed by atoms with Crippen LogP contribution in [0.1, 0.15) is 16.8 Å². The minimum Gasteiger partial charge on any atom is -0.465 e. The van der Waals surface area contributed by atoms with Gasteiger partial charge in [-0.3, -0.25) is 9.59 Å². The lowest BCUT2D eigenvalue weighted by Gasteiger charge is -2.27. The van der Waals surface area contributed by atoms with Crippen molar-refractivity contribution in [3.05, 3.63) is 29.8 Å². The van der Waals surface area contributed by atoms with Crippen molar-refractivity contribution in [3.63, 3.8) is 0 Å². The van der Waals surface area contributed by atoms with E-state index in [9.17, 15) is 14.4 Å². The van der Waals surface area contributed by atoms with Crippen LogP contribution >= 0.6 is 15.9 Å². The predicted octanol–water partition coefficient (Wildman–Crippen LogP) is 1.98. The lowest BCUT2D eigenvalue weighted by atomic mass is 9.79. The van der Waals surface area contributed by atoms with Gasteiger partial charge in [-0.05, 0) is 36.6 Å². The second kappa shape index (κ2) is 5.58. The first-order valence-electron chi connectivity index (χ1n) is 7.85. The Bertz CT molecular complexity index is 718. The fourth-order valence-corrected chi connectivity index (χ4v) is 5.41. The van der Waals surface area contributed by atoms with Crippen molar-refractivity contribution in [1.82, 2.24) is 0 Å². The number of fused-ring (bicyclic) bond motifs is 1. The third-order valence-electron chi connectivity index (χ3n) is 5.40. The summed E-state index contributed by atoms with van der Waals surface area (Å²) in [5.74, 6) is -1.29. The molecule has 1 aromatic rings. The summed E-state index contributed by atoms with van der Waals surface area (Å²) < 4.78 is 10.1. The molecule has 1 aliphatic heterocycles. The van der Waals surface area contributed by atoms with Gasteiger partial charge in [0.1, 0.15) is 6.10 Å². The topological polar surface area (TPSA) is 81.7 Å². The fourth-order valence-electron chi connectivity index (χ4n) is 4.36. The molecule has 1 saturated heterocycles. The van der Waals surface area contributed by atoms with E-state index < -0.39 is 5.97 Å². The fraction of sp³-hybridized carbons (Fsp3) is 0.471. The summed E-state index contributed by atoms with van der Waals surface area (Å²) in [6, 6.07) is 6.49. The maximum Gasteiger partial charge on any atom is 0.337 e. The lowest BCUT2D eigenvalue weighted by Crippen LogP contribution is -2.40. The molecule has 0 unspecified atom stereocenters. The van der Waals surface area contributed by atoms with E-state index in [1.54, 1.807) is 24.3 Å². The van der Waals surface area contributed by atoms with Crippen molar-refractivity contribution in [1.29, 1.82) is 0 Å². The molecular weight excluding hydrogens is 378 g/mol. The van der Waals surface area contributed by atoms with Crippen LogP contribution in [0.15, 0.2) is 24.3 Å². The van der Waals surface area contributed by atoms with Gasteiger partial charge in [0.2, 0.25) is 5.91 Å². The molecule has 1 N–H and O–H groups in total. The first-order valence-corrected chi connectivity index (χ1v) is 8.76. The third-order valence-corrected chi connectivity index (χ3v) is 6.60. The quantitative estimate of drug-likeness (QED) is 0.627. The molecule has 1 heterocycles. The molecule has 0 radical (unpaired) electrons. The number of rotatable bonds is 3. The number of halogens is 1. The minimum atomic E-state index is -0.428. The molecule has 2 bridgehead atoms. The Hall–Kier alpha value is -1.89. The van der Waals surface area contributed by atoms with Gasteiger partial charge in [0.05, 0.1) is 29.3 Å². The van der Waals surface area contributed by atoms with E-state index in [1.807, 2.05) is 0 Å². The number of amides is 1. The number of benzene rings is 1. The largest absolute Gasteiger partial charge is 0.465 e. The van der Waals surface area contributed by atoms with Gasteiger partial charge in [-0.1, -0.05) is 15.9 Å². The molecule has 0 aromatic heterocycles. The summed E-state index contributed by atoms with van der Waals surface area (Å²) in [5, 5.41) is 2.86. The van der Waals surface area contributed by atoms with Gasteiger partial charge in [-0.25, -0.2) is 4.79 Å². The minimum absolute atomic E-state index is 0.0441. The highest BCUT2D eigenvalue weighted by molar-refractivity contribution is 9.09. The number of carbonyl (C=O) groups is 3. The first kappa shape index (κ1) is 15.6. The average molecular weight is 394 g/mol. The molecule has 0 spiro atoms. The van der Waals surface area contributed by atoms with Gasteiger partial charge in [0.25, 0.3) is 0 Å². The van der Waals surface area contributed by atoms with E-state index in [4.69, 9.17) is 4.74 Å². The lowest BCUT2D eigenvalue weighted by molar-refractivity contribution is -0.145. The van der Waals surface area contributed by atoms with E-state index in [1.165, 1.54) is 7.11 Å². The Morgan fingerprint density at radius 1 is 1.25 bits per heavy atom. The molecule has 7 heteroatoms. The Balaban J connectivity index is 1.51. The number of carbonyl (C=O) groups excluding carboxylic acids is 3. The molecule has 3 fully saturated rings. The molecule has 126 valence electrons. The molecule has 3 aliphatic rings. The van der Waals surface area contributed by atoms with E-state index in [0.717, 1.165) is 6.42 Å². The Morgan fingerprint density at radius 2 is 1.96 bits per heavy atom. The molecule has 1 aromatic carbocycles. The normalized spacial score (nSPS) is 35.7. The van der Waals surface area contributed by atoms with Crippen LogP contribution in [0.4, 0.5) is 5.69 Å². The second-order valence-corrected chi connectivity index (χ2v) is 7.58. The first-order chi connectivity index (χ1) is 11.5. The van der Waals surface area contributed by atoms with Crippen LogP contribution in [-0.4, -0.2) is 35.9 Å². The summed E-state index contributed by atoms with van der Waals surface area (Å²) in [4.78, 5) is 36.3. The highest BCUT2D eigenvalue weighted by atomic mass is 79.9. The van der Waals surface area contributed by atoms with Crippen molar-refractivity contribution >= 4 is 39.5 Å². The molecule has 6 atom stereocenters. The Morgan fingerprint density at radius 3 is 2.62 bits per heavy atom. The van der Waals surface area contributed by atoms with Crippen LogP contribution in [0.3, 0.4) is 0 Å². The van der Waals surface area contributed by atoms with Gasteiger partial charge in [0, 0.05) is 11.6 Å². The predicted molar refractivity (Wildman–Crippen MR) is 87.6 cm³/mol. The van der Waals surface area contributed by atoms with Crippen LogP contribution in [0.2, 0.25) is 0 Å². The maximum atomic E-state index is 12.7. The zero-order valence-corrected chi connectivity index (χ0v) is 14.5. The van der Waals surface area contributed by atoms with Crippen LogP contribution in [0.5, 0.6) is 0 Å². The highest BCUT2D eigenvalue weighted by Gasteiger charge is 2.67. The van der Waals surface area contributed by atoms with Crippen molar-refractivity contribution in [3.8, 4) is 0 Å². The van der Waals surface area contributed by atoms with E-state index >= 15 is 0 Å². The van der Waals surface area contributed by atoms with E-state index in [-0.39, 0.29) is 46.5 Å². The van der Waals surface area contributed by atoms with Crippen LogP contribution in [-0.2, 0) is 19.1 Å². The van der Waals surface area contributed by atoms with Gasteiger partial charge in [-0.2, -0.15) is 0 Å². The SMILES string of the molecule is COC(=O)c1ccc(NC(=O)[C@@H]2[C@H]3C[C@H]4[C@H](OC(=O)[C@H]42)[C@@H]3Br)cc1. The van der Waals surface area contributed by atoms with Gasteiger partial charge < -0.3 is 14.8 Å². The molecule has 2 aliphatic carbocycles. The number of hydrogen-bond acceptors (Lipinski definition) is 5. The zero-order valence-electron chi connectivity index (χ0n) is 12.9. The number of esters is 2. The van der Waals surface area contributed by atoms with Crippen LogP contribution in [0, 0.1) is 23.7 Å². The smallest absolute Gasteiger partial charge is 0.337 e. The molecule has 1 amide bonds. The third kappa shape index (κ3) is 2.17. The van der Waals surface area contributed by atoms with Crippen molar-refractivity contribution in [2.45, 2.75) is 17.4 Å². The maximum absolute atomic E-state index is 12.7. The summed E-state index contributed by atoms with van der Waals surface area (Å²) in [6.07, 6.45) is 0.756. The summed E-state index contributed by atoms with van der Waals surface area (Å²) >= 11 is 3.60. The molecule has 6 nitrogen and oxygen atoms in total. The summed E-state index contributed by atoms with van der Waals surface area (Å²) in [7, 11) is 1.32. The Labute approximate surface area is 147 Å². The van der Waals surface area contributed by atoms with E-state index in [2.05, 4.69) is 26.0 Å². The number of anilines is 1. The highest BCUT2D eigenvalue weighted by Crippen LogP contribution is 2.60. The molecular formula is C17H16BrNO5. The van der Waals surface area contributed by atoms with Gasteiger partial charge in [0.15, 0.2) is 0 Å². The van der Waals surface area contributed by atoms with Crippen molar-refractivity contribution in [2.75, 3.05) is 12.4 Å². The van der Waals surface area contributed by atoms with E-state index in [0.29, 0.717) is 11.3 Å². The summed E-state index contributed by atoms with van der Waals surface area (Å²) in [6.45, 7) is 0. The van der Waals surface area contributed by atoms with Gasteiger partial charge in [-0.15, -0.1) is 0 Å². The Kier molecular flexibility index (Phi) is 3.63. The zero-order chi connectivity index (χ0) is 17.0. The monoisotopic (exact) mass is 393 g/mol. The average Bonchev–Trinajstić information content (AvgIpc) is 3.19. The van der Waals surface area contributed by atoms with Crippen molar-refractivity contribution in [2.24, 2.45) is 23.7 Å². The summed E-state index contributed by atoms with van der Waals surface area (Å²) in [5.41, 5.74) is 1.00. The number of nitrogens with one attached hydrogen (secondary N) is 1. The molecule has 24 heavy (non-hydrogen) atoms. The molecule has 2 saturated carbocycles. The number of alkyl halides is 1. The second-order valence-electron chi connectivity index (χ2n) is 6.52.